The van der Waals surface area contributed by atoms with Crippen molar-refractivity contribution in [1.29, 1.82) is 5.26 Å². The van der Waals surface area contributed by atoms with Crippen LogP contribution >= 0.6 is 0 Å². The Kier molecular flexibility index (Phi) is 3.35. The molecule has 76 valence electrons. The van der Waals surface area contributed by atoms with Crippen LogP contribution in [-0.4, -0.2) is 23.2 Å². The lowest BCUT2D eigenvalue weighted by Crippen LogP contribution is -2.01. The van der Waals surface area contributed by atoms with Gasteiger partial charge in [-0.1, -0.05) is 0 Å². The van der Waals surface area contributed by atoms with Crippen molar-refractivity contribution in [1.82, 2.24) is 5.01 Å². The minimum Gasteiger partial charge on any atom is -0.258 e. The summed E-state index contributed by atoms with van der Waals surface area (Å²) < 4.78 is 0. The van der Waals surface area contributed by atoms with Gasteiger partial charge in [0.15, 0.2) is 0 Å². The molecule has 1 aromatic rings. The number of nitro benzene ring substituents is 1. The van der Waals surface area contributed by atoms with Gasteiger partial charge >= 0.3 is 0 Å². The van der Waals surface area contributed by atoms with Gasteiger partial charge in [-0.05, 0) is 17.7 Å². The minimum atomic E-state index is -0.470. The maximum Gasteiger partial charge on any atom is 0.269 e. The highest BCUT2D eigenvalue weighted by Crippen LogP contribution is 2.10. The van der Waals surface area contributed by atoms with E-state index in [9.17, 15) is 10.1 Å². The molecule has 6 nitrogen and oxygen atoms in total. The molecule has 0 bridgehead atoms. The van der Waals surface area contributed by atoms with E-state index in [1.165, 1.54) is 25.4 Å². The molecule has 0 atom stereocenters. The van der Waals surface area contributed by atoms with E-state index in [1.807, 2.05) is 0 Å². The maximum atomic E-state index is 10.3. The summed E-state index contributed by atoms with van der Waals surface area (Å²) in [5.74, 6) is 0. The van der Waals surface area contributed by atoms with E-state index in [4.69, 9.17) is 5.26 Å². The van der Waals surface area contributed by atoms with Crippen LogP contribution in [0.1, 0.15) is 5.56 Å². The topological polar surface area (TPSA) is 82.5 Å². The Morgan fingerprint density at radius 2 is 2.13 bits per heavy atom. The Labute approximate surface area is 86.2 Å². The molecule has 0 saturated heterocycles. The number of non-ortho nitro benzene ring substituents is 1. The van der Waals surface area contributed by atoms with Crippen molar-refractivity contribution in [3.63, 3.8) is 0 Å². The van der Waals surface area contributed by atoms with Crippen LogP contribution in [0.5, 0.6) is 0 Å². The zero-order valence-corrected chi connectivity index (χ0v) is 7.99. The molecule has 15 heavy (non-hydrogen) atoms. The van der Waals surface area contributed by atoms with E-state index in [-0.39, 0.29) is 5.69 Å². The molecule has 0 aliphatic heterocycles. The molecule has 0 N–H and O–H groups in total. The molecule has 0 amide bonds. The maximum absolute atomic E-state index is 10.3. The summed E-state index contributed by atoms with van der Waals surface area (Å²) in [7, 11) is 1.50. The van der Waals surface area contributed by atoms with Crippen LogP contribution in [0.25, 0.3) is 0 Å². The molecule has 0 aliphatic rings. The number of rotatable bonds is 3. The van der Waals surface area contributed by atoms with Crippen molar-refractivity contribution in [3.8, 4) is 6.19 Å². The number of nitro groups is 1. The normalized spacial score (nSPS) is 9.87. The molecule has 1 aromatic carbocycles. The van der Waals surface area contributed by atoms with Crippen molar-refractivity contribution in [2.24, 2.45) is 5.10 Å². The number of nitriles is 1. The van der Waals surface area contributed by atoms with E-state index >= 15 is 0 Å². The second-order valence-electron chi connectivity index (χ2n) is 2.72. The minimum absolute atomic E-state index is 0.0285. The molecule has 0 radical (unpaired) electrons. The van der Waals surface area contributed by atoms with Crippen molar-refractivity contribution >= 4 is 11.9 Å². The Balaban J connectivity index is 2.78. The van der Waals surface area contributed by atoms with Crippen LogP contribution in [0.2, 0.25) is 0 Å². The third kappa shape index (κ3) is 3.08. The van der Waals surface area contributed by atoms with Gasteiger partial charge in [-0.25, -0.2) is 5.01 Å². The fraction of sp³-hybridized carbons (Fsp3) is 0.111. The van der Waals surface area contributed by atoms with Gasteiger partial charge in [0.05, 0.1) is 11.1 Å². The molecule has 0 saturated carbocycles. The fourth-order valence-electron chi connectivity index (χ4n) is 0.861. The Hall–Kier alpha value is -2.42. The predicted octanol–water partition coefficient (Wildman–Crippen LogP) is 1.34. The van der Waals surface area contributed by atoms with Gasteiger partial charge in [0.1, 0.15) is 0 Å². The third-order valence-electron chi connectivity index (χ3n) is 1.63. The number of hydrogen-bond acceptors (Lipinski definition) is 5. The lowest BCUT2D eigenvalue weighted by atomic mass is 10.2. The zero-order valence-electron chi connectivity index (χ0n) is 7.99. The van der Waals surface area contributed by atoms with Gasteiger partial charge in [0.25, 0.3) is 5.69 Å². The summed E-state index contributed by atoms with van der Waals surface area (Å²) >= 11 is 0. The van der Waals surface area contributed by atoms with Crippen molar-refractivity contribution in [2.75, 3.05) is 7.05 Å². The van der Waals surface area contributed by atoms with Gasteiger partial charge in [0.2, 0.25) is 6.19 Å². The average Bonchev–Trinajstić information content (AvgIpc) is 2.26. The quantitative estimate of drug-likeness (QED) is 0.244. The van der Waals surface area contributed by atoms with Crippen LogP contribution < -0.4 is 0 Å². The zero-order chi connectivity index (χ0) is 11.3. The standard InChI is InChI=1S/C9H8N4O2/c1-12(7-10)11-6-8-2-4-9(5-3-8)13(14)15/h2-6H,1H3/b11-6-. The summed E-state index contributed by atoms with van der Waals surface area (Å²) in [5.41, 5.74) is 0.725. The highest BCUT2D eigenvalue weighted by molar-refractivity contribution is 5.79. The van der Waals surface area contributed by atoms with E-state index < -0.39 is 4.92 Å². The Bertz CT molecular complexity index is 419. The fourth-order valence-corrected chi connectivity index (χ4v) is 0.861. The first-order valence-electron chi connectivity index (χ1n) is 4.05. The predicted molar refractivity (Wildman–Crippen MR) is 54.1 cm³/mol. The summed E-state index contributed by atoms with van der Waals surface area (Å²) in [5, 5.41) is 23.6. The monoisotopic (exact) mass is 204 g/mol. The van der Waals surface area contributed by atoms with Crippen LogP contribution in [0, 0.1) is 21.6 Å². The smallest absolute Gasteiger partial charge is 0.258 e. The molecule has 1 rings (SSSR count). The Morgan fingerprint density at radius 3 is 2.60 bits per heavy atom. The molecular formula is C9H8N4O2. The highest BCUT2D eigenvalue weighted by Gasteiger charge is 2.02. The van der Waals surface area contributed by atoms with E-state index in [0.29, 0.717) is 5.56 Å². The van der Waals surface area contributed by atoms with Gasteiger partial charge < -0.3 is 0 Å². The molecule has 0 aliphatic carbocycles. The number of hydrazone groups is 1. The molecular weight excluding hydrogens is 196 g/mol. The summed E-state index contributed by atoms with van der Waals surface area (Å²) in [6, 6.07) is 5.89. The molecule has 0 heterocycles. The SMILES string of the molecule is CN(C#N)/N=C\c1ccc([N+](=O)[O-])cc1. The summed E-state index contributed by atoms with van der Waals surface area (Å²) in [6.45, 7) is 0. The van der Waals surface area contributed by atoms with E-state index in [0.717, 1.165) is 5.01 Å². The molecule has 0 unspecified atom stereocenters. The van der Waals surface area contributed by atoms with Gasteiger partial charge in [-0.2, -0.15) is 10.4 Å². The molecule has 0 fully saturated rings. The molecule has 6 heteroatoms. The second-order valence-corrected chi connectivity index (χ2v) is 2.72. The first kappa shape index (κ1) is 10.7. The van der Waals surface area contributed by atoms with Crippen LogP contribution in [0.15, 0.2) is 29.4 Å². The average molecular weight is 204 g/mol. The van der Waals surface area contributed by atoms with Crippen molar-refractivity contribution in [3.05, 3.63) is 39.9 Å². The van der Waals surface area contributed by atoms with Gasteiger partial charge in [0, 0.05) is 19.2 Å². The number of nitrogens with zero attached hydrogens (tertiary/aromatic N) is 4. The summed E-state index contributed by atoms with van der Waals surface area (Å²) in [4.78, 5) is 9.88. The Morgan fingerprint density at radius 1 is 1.53 bits per heavy atom. The van der Waals surface area contributed by atoms with Crippen molar-refractivity contribution < 1.29 is 4.92 Å². The molecule has 0 spiro atoms. The van der Waals surface area contributed by atoms with Crippen LogP contribution in [0.3, 0.4) is 0 Å². The van der Waals surface area contributed by atoms with Crippen molar-refractivity contribution in [2.45, 2.75) is 0 Å². The second kappa shape index (κ2) is 4.72. The lowest BCUT2D eigenvalue weighted by Gasteiger charge is -1.98. The van der Waals surface area contributed by atoms with Gasteiger partial charge in [-0.15, -0.1) is 0 Å². The molecule has 0 aromatic heterocycles. The highest BCUT2D eigenvalue weighted by atomic mass is 16.6. The summed E-state index contributed by atoms with van der Waals surface area (Å²) in [6.07, 6.45) is 3.24. The van der Waals surface area contributed by atoms with Crippen LogP contribution in [-0.2, 0) is 0 Å². The first-order chi connectivity index (χ1) is 7.13. The largest absolute Gasteiger partial charge is 0.269 e. The third-order valence-corrected chi connectivity index (χ3v) is 1.63. The number of hydrogen-bond donors (Lipinski definition) is 0. The van der Waals surface area contributed by atoms with E-state index in [1.54, 1.807) is 18.3 Å². The number of benzene rings is 1. The lowest BCUT2D eigenvalue weighted by molar-refractivity contribution is -0.384. The van der Waals surface area contributed by atoms with Crippen LogP contribution in [0.4, 0.5) is 5.69 Å². The first-order valence-corrected chi connectivity index (χ1v) is 4.05. The van der Waals surface area contributed by atoms with Gasteiger partial charge in [-0.3, -0.25) is 10.1 Å². The van der Waals surface area contributed by atoms with E-state index in [2.05, 4.69) is 5.10 Å².